The van der Waals surface area contributed by atoms with Crippen molar-refractivity contribution in [1.82, 2.24) is 4.90 Å². The van der Waals surface area contributed by atoms with Gasteiger partial charge < -0.3 is 9.84 Å². The van der Waals surface area contributed by atoms with Crippen molar-refractivity contribution >= 4 is 0 Å². The zero-order chi connectivity index (χ0) is 14.5. The summed E-state index contributed by atoms with van der Waals surface area (Å²) in [6, 6.07) is 4.40. The summed E-state index contributed by atoms with van der Waals surface area (Å²) in [5.41, 5.74) is 0.638. The van der Waals surface area contributed by atoms with E-state index in [1.54, 1.807) is 12.1 Å². The Balaban J connectivity index is 2.02. The van der Waals surface area contributed by atoms with Gasteiger partial charge in [-0.1, -0.05) is 13.0 Å². The number of phenols is 1. The van der Waals surface area contributed by atoms with Crippen LogP contribution < -0.4 is 0 Å². The predicted octanol–water partition coefficient (Wildman–Crippen LogP) is 3.48. The minimum atomic E-state index is -0.339. The number of hydrogen-bond donors (Lipinski definition) is 1. The molecule has 4 heteroatoms. The number of nitrogens with zero attached hydrogens (tertiary/aromatic N) is 1. The third-order valence-electron chi connectivity index (χ3n) is 3.95. The van der Waals surface area contributed by atoms with Gasteiger partial charge in [-0.15, -0.1) is 0 Å². The number of benzene rings is 1. The lowest BCUT2D eigenvalue weighted by atomic mass is 10.0. The van der Waals surface area contributed by atoms with Gasteiger partial charge in [0.25, 0.3) is 0 Å². The molecule has 1 aliphatic rings. The van der Waals surface area contributed by atoms with E-state index in [9.17, 15) is 9.50 Å². The summed E-state index contributed by atoms with van der Waals surface area (Å²) in [5.74, 6) is -0.365. The average molecular weight is 281 g/mol. The predicted molar refractivity (Wildman–Crippen MR) is 77.3 cm³/mol. The molecule has 0 saturated carbocycles. The second-order valence-corrected chi connectivity index (χ2v) is 5.51. The van der Waals surface area contributed by atoms with Crippen LogP contribution in [0.1, 0.15) is 44.7 Å². The van der Waals surface area contributed by atoms with Crippen LogP contribution in [0.15, 0.2) is 18.2 Å². The van der Waals surface area contributed by atoms with Gasteiger partial charge in [0, 0.05) is 30.8 Å². The summed E-state index contributed by atoms with van der Waals surface area (Å²) >= 11 is 0. The molecule has 3 nitrogen and oxygen atoms in total. The fourth-order valence-corrected chi connectivity index (χ4v) is 2.79. The van der Waals surface area contributed by atoms with Crippen LogP contribution in [0.5, 0.6) is 5.75 Å². The van der Waals surface area contributed by atoms with Gasteiger partial charge in [-0.25, -0.2) is 4.39 Å². The maximum Gasteiger partial charge on any atom is 0.131 e. The number of hydrogen-bond acceptors (Lipinski definition) is 3. The number of phenolic OH excluding ortho intramolecular Hbond substituents is 1. The molecule has 1 aromatic carbocycles. The number of ether oxygens (including phenoxy) is 1. The molecular formula is C16H24FNO2. The van der Waals surface area contributed by atoms with Crippen molar-refractivity contribution in [2.45, 2.75) is 45.3 Å². The highest BCUT2D eigenvalue weighted by Crippen LogP contribution is 2.28. The largest absolute Gasteiger partial charge is 0.508 e. The van der Waals surface area contributed by atoms with Crippen molar-refractivity contribution in [2.75, 3.05) is 19.7 Å². The molecule has 1 fully saturated rings. The van der Waals surface area contributed by atoms with Crippen LogP contribution >= 0.6 is 0 Å². The van der Waals surface area contributed by atoms with Crippen LogP contribution in [0.25, 0.3) is 0 Å². The Morgan fingerprint density at radius 2 is 2.30 bits per heavy atom. The summed E-state index contributed by atoms with van der Waals surface area (Å²) in [7, 11) is 0. The highest BCUT2D eigenvalue weighted by atomic mass is 19.1. The van der Waals surface area contributed by atoms with E-state index in [0.717, 1.165) is 39.0 Å². The van der Waals surface area contributed by atoms with Gasteiger partial charge in [-0.3, -0.25) is 4.90 Å². The maximum atomic E-state index is 13.9. The molecule has 20 heavy (non-hydrogen) atoms. The molecule has 0 amide bonds. The molecule has 2 atom stereocenters. The van der Waals surface area contributed by atoms with E-state index < -0.39 is 0 Å². The summed E-state index contributed by atoms with van der Waals surface area (Å²) in [6.07, 6.45) is 3.45. The Hall–Kier alpha value is -1.13. The van der Waals surface area contributed by atoms with Gasteiger partial charge in [0.1, 0.15) is 11.6 Å². The van der Waals surface area contributed by atoms with Crippen molar-refractivity contribution in [3.8, 4) is 5.75 Å². The molecule has 0 spiro atoms. The number of aromatic hydroxyl groups is 1. The Bertz CT molecular complexity index is 438. The van der Waals surface area contributed by atoms with Crippen molar-refractivity contribution in [1.29, 1.82) is 0 Å². The highest BCUT2D eigenvalue weighted by Gasteiger charge is 2.26. The number of halogens is 1. The average Bonchev–Trinajstić information content (AvgIpc) is 2.45. The van der Waals surface area contributed by atoms with Gasteiger partial charge in [-0.2, -0.15) is 0 Å². The normalized spacial score (nSPS) is 21.9. The van der Waals surface area contributed by atoms with E-state index in [1.807, 2.05) is 6.92 Å². The Labute approximate surface area is 120 Å². The third-order valence-corrected chi connectivity index (χ3v) is 3.95. The third kappa shape index (κ3) is 3.70. The molecule has 1 N–H and O–H groups in total. The van der Waals surface area contributed by atoms with E-state index in [-0.39, 0.29) is 23.7 Å². The fraction of sp³-hybridized carbons (Fsp3) is 0.625. The lowest BCUT2D eigenvalue weighted by Gasteiger charge is -2.37. The van der Waals surface area contributed by atoms with Crippen LogP contribution in [0, 0.1) is 5.82 Å². The second-order valence-electron chi connectivity index (χ2n) is 5.51. The van der Waals surface area contributed by atoms with Crippen molar-refractivity contribution < 1.29 is 14.2 Å². The molecule has 1 saturated heterocycles. The Morgan fingerprint density at radius 1 is 1.50 bits per heavy atom. The smallest absolute Gasteiger partial charge is 0.131 e. The van der Waals surface area contributed by atoms with Gasteiger partial charge in [0.05, 0.1) is 6.10 Å². The second kappa shape index (κ2) is 7.04. The molecule has 112 valence electrons. The Kier molecular flexibility index (Phi) is 5.38. The molecule has 1 aliphatic heterocycles. The summed E-state index contributed by atoms with van der Waals surface area (Å²) in [5, 5.41) is 9.30. The fourth-order valence-electron chi connectivity index (χ4n) is 2.79. The first-order valence-corrected chi connectivity index (χ1v) is 7.46. The first kappa shape index (κ1) is 15.3. The first-order valence-electron chi connectivity index (χ1n) is 7.46. The van der Waals surface area contributed by atoms with Crippen molar-refractivity contribution in [3.05, 3.63) is 29.6 Å². The van der Waals surface area contributed by atoms with Gasteiger partial charge in [0.15, 0.2) is 0 Å². The topological polar surface area (TPSA) is 32.7 Å². The standard InChI is InChI=1S/C16H24FNO2/c1-3-9-20-14-5-4-8-18(11-14)12(2)15-7-6-13(19)10-16(15)17/h6-7,10,12,14,19H,3-5,8-9,11H2,1-2H3. The molecule has 1 heterocycles. The zero-order valence-corrected chi connectivity index (χ0v) is 12.3. The minimum Gasteiger partial charge on any atom is -0.508 e. The molecule has 1 aromatic rings. The van der Waals surface area contributed by atoms with E-state index in [2.05, 4.69) is 11.8 Å². The summed E-state index contributed by atoms with van der Waals surface area (Å²) < 4.78 is 19.8. The Morgan fingerprint density at radius 3 is 3.00 bits per heavy atom. The van der Waals surface area contributed by atoms with Crippen molar-refractivity contribution in [3.63, 3.8) is 0 Å². The number of piperidine rings is 1. The van der Waals surface area contributed by atoms with Gasteiger partial charge in [0.2, 0.25) is 0 Å². The molecule has 0 aromatic heterocycles. The quantitative estimate of drug-likeness (QED) is 0.897. The van der Waals surface area contributed by atoms with E-state index in [1.165, 1.54) is 6.07 Å². The van der Waals surface area contributed by atoms with E-state index >= 15 is 0 Å². The molecular weight excluding hydrogens is 257 g/mol. The van der Waals surface area contributed by atoms with Crippen LogP contribution in [-0.4, -0.2) is 35.8 Å². The van der Waals surface area contributed by atoms with Gasteiger partial charge >= 0.3 is 0 Å². The molecule has 2 rings (SSSR count). The number of likely N-dealkylation sites (tertiary alicyclic amines) is 1. The van der Waals surface area contributed by atoms with Crippen LogP contribution in [0.2, 0.25) is 0 Å². The zero-order valence-electron chi connectivity index (χ0n) is 12.3. The maximum absolute atomic E-state index is 13.9. The van der Waals surface area contributed by atoms with E-state index in [0.29, 0.717) is 5.56 Å². The summed E-state index contributed by atoms with van der Waals surface area (Å²) in [6.45, 7) is 6.72. The molecule has 0 radical (unpaired) electrons. The lowest BCUT2D eigenvalue weighted by molar-refractivity contribution is -0.0111. The lowest BCUT2D eigenvalue weighted by Crippen LogP contribution is -2.41. The molecule has 0 bridgehead atoms. The summed E-state index contributed by atoms with van der Waals surface area (Å²) in [4.78, 5) is 2.26. The molecule has 2 unspecified atom stereocenters. The van der Waals surface area contributed by atoms with Crippen LogP contribution in [0.4, 0.5) is 4.39 Å². The SMILES string of the molecule is CCCOC1CCCN(C(C)c2ccc(O)cc2F)C1. The van der Waals surface area contributed by atoms with Crippen LogP contribution in [0.3, 0.4) is 0 Å². The minimum absolute atomic E-state index is 0.00336. The van der Waals surface area contributed by atoms with Gasteiger partial charge in [-0.05, 0) is 38.8 Å². The van der Waals surface area contributed by atoms with E-state index in [4.69, 9.17) is 4.74 Å². The first-order chi connectivity index (χ1) is 9.61. The monoisotopic (exact) mass is 281 g/mol. The molecule has 0 aliphatic carbocycles. The number of rotatable bonds is 5. The van der Waals surface area contributed by atoms with Crippen molar-refractivity contribution in [2.24, 2.45) is 0 Å². The van der Waals surface area contributed by atoms with Crippen LogP contribution in [-0.2, 0) is 4.74 Å². The highest BCUT2D eigenvalue weighted by molar-refractivity contribution is 5.29.